The average molecular weight is 705 g/mol. The van der Waals surface area contributed by atoms with E-state index in [1.54, 1.807) is 6.92 Å². The summed E-state index contributed by atoms with van der Waals surface area (Å²) in [4.78, 5) is 22.0. The number of nitrogens with zero attached hydrogens (tertiary/aromatic N) is 4. The van der Waals surface area contributed by atoms with Crippen molar-refractivity contribution in [3.63, 3.8) is 0 Å². The molecule has 260 valence electrons. The third-order valence-electron chi connectivity index (χ3n) is 6.99. The van der Waals surface area contributed by atoms with Gasteiger partial charge in [0.25, 0.3) is 0 Å². The van der Waals surface area contributed by atoms with Gasteiger partial charge in [0, 0.05) is 38.3 Å². The molecule has 2 aromatic carbocycles. The van der Waals surface area contributed by atoms with Gasteiger partial charge in [0.05, 0.1) is 35.7 Å². The van der Waals surface area contributed by atoms with E-state index in [1.807, 2.05) is 11.8 Å². The molecule has 0 radical (unpaired) electrons. The van der Waals surface area contributed by atoms with Crippen molar-refractivity contribution < 1.29 is 85.1 Å². The molecule has 0 atom stereocenters. The fraction of sp³-hybridized carbons (Fsp3) is 0.452. The van der Waals surface area contributed by atoms with Crippen molar-refractivity contribution in [3.8, 4) is 5.75 Å². The van der Waals surface area contributed by atoms with Gasteiger partial charge in [-0.25, -0.2) is 9.97 Å². The summed E-state index contributed by atoms with van der Waals surface area (Å²) < 4.78 is 129. The zero-order valence-electron chi connectivity index (χ0n) is 27.4. The zero-order chi connectivity index (χ0) is 35.0. The number of hydrogen-bond acceptors (Lipinski definition) is 6. The van der Waals surface area contributed by atoms with Gasteiger partial charge < -0.3 is 21.1 Å². The van der Waals surface area contributed by atoms with Crippen molar-refractivity contribution in [2.75, 3.05) is 29.5 Å². The van der Waals surface area contributed by atoms with Crippen LogP contribution in [-0.4, -0.2) is 40.7 Å². The number of rotatable bonds is 15. The Morgan fingerprint density at radius 1 is 0.812 bits per heavy atom. The smallest absolute Gasteiger partial charge is 1.00 e. The molecule has 0 saturated carbocycles. The summed E-state index contributed by atoms with van der Waals surface area (Å²) in [7, 11) is 0. The van der Waals surface area contributed by atoms with Crippen molar-refractivity contribution >= 4 is 17.6 Å². The number of carboxylic acids is 1. The summed E-state index contributed by atoms with van der Waals surface area (Å²) in [6.45, 7) is 3.56. The van der Waals surface area contributed by atoms with Crippen LogP contribution in [0, 0.1) is 0 Å². The van der Waals surface area contributed by atoms with Crippen molar-refractivity contribution in [3.05, 3.63) is 76.6 Å². The van der Waals surface area contributed by atoms with E-state index in [4.69, 9.17) is 9.84 Å². The Morgan fingerprint density at radius 3 is 1.90 bits per heavy atom. The van der Waals surface area contributed by atoms with E-state index in [9.17, 15) is 44.3 Å². The molecule has 1 aromatic heterocycles. The Labute approximate surface area is 294 Å². The number of halogens is 9. The van der Waals surface area contributed by atoms with Gasteiger partial charge >= 0.3 is 54.1 Å². The predicted molar refractivity (Wildman–Crippen MR) is 156 cm³/mol. The average Bonchev–Trinajstić information content (AvgIpc) is 2.98. The van der Waals surface area contributed by atoms with Crippen molar-refractivity contribution in [1.82, 2.24) is 9.97 Å². The summed E-state index contributed by atoms with van der Waals surface area (Å²) >= 11 is 0. The Kier molecular flexibility index (Phi) is 14.9. The molecule has 1 heterocycles. The summed E-state index contributed by atoms with van der Waals surface area (Å²) in [5, 5.41) is 8.77. The number of benzene rings is 2. The molecule has 48 heavy (non-hydrogen) atoms. The number of aliphatic carboxylic acids is 1. The number of unbranched alkanes of at least 4 members (excludes halogenated alkanes) is 1. The van der Waals surface area contributed by atoms with Crippen LogP contribution in [0.2, 0.25) is 0 Å². The second-order valence-electron chi connectivity index (χ2n) is 10.6. The van der Waals surface area contributed by atoms with Gasteiger partial charge in [0.2, 0.25) is 5.95 Å². The molecule has 0 saturated heterocycles. The number of carbonyl (C=O) groups is 1. The third-order valence-corrected chi connectivity index (χ3v) is 6.99. The maximum atomic E-state index is 13.8. The van der Waals surface area contributed by atoms with Gasteiger partial charge in [-0.2, -0.15) is 39.5 Å². The van der Waals surface area contributed by atoms with Crippen LogP contribution in [0.4, 0.5) is 51.1 Å². The second kappa shape index (κ2) is 17.4. The van der Waals surface area contributed by atoms with Gasteiger partial charge in [0.15, 0.2) is 5.75 Å². The molecule has 0 bridgehead atoms. The summed E-state index contributed by atoms with van der Waals surface area (Å²) in [5.41, 5.74) is -4.03. The Morgan fingerprint density at radius 2 is 1.40 bits per heavy atom. The normalized spacial score (nSPS) is 12.0. The van der Waals surface area contributed by atoms with E-state index in [2.05, 4.69) is 9.97 Å². The van der Waals surface area contributed by atoms with Gasteiger partial charge in [-0.1, -0.05) is 13.3 Å². The van der Waals surface area contributed by atoms with Crippen LogP contribution in [0.1, 0.15) is 68.8 Å². The van der Waals surface area contributed by atoms with E-state index in [1.165, 1.54) is 11.0 Å². The number of hydrogen-bond donors (Lipinski definition) is 1. The maximum Gasteiger partial charge on any atom is 1.00 e. The molecule has 3 aromatic rings. The molecule has 0 aliphatic carbocycles. The molecule has 7 nitrogen and oxygen atoms in total. The monoisotopic (exact) mass is 704 g/mol. The minimum Gasteiger partial charge on any atom is -1.00 e. The molecule has 3 rings (SSSR count). The molecule has 0 unspecified atom stereocenters. The predicted octanol–water partition coefficient (Wildman–Crippen LogP) is 5.73. The summed E-state index contributed by atoms with van der Waals surface area (Å²) in [6, 6.07) is 4.15. The fourth-order valence-electron chi connectivity index (χ4n) is 4.69. The van der Waals surface area contributed by atoms with Crippen molar-refractivity contribution in [2.45, 2.75) is 71.1 Å². The number of carboxylic acid groups (broad SMARTS) is 1. The first-order valence-corrected chi connectivity index (χ1v) is 14.6. The van der Waals surface area contributed by atoms with Crippen LogP contribution in [0.3, 0.4) is 0 Å². The zero-order valence-corrected chi connectivity index (χ0v) is 28.4. The maximum absolute atomic E-state index is 13.8. The van der Waals surface area contributed by atoms with E-state index < -0.39 is 59.8 Å². The van der Waals surface area contributed by atoms with Crippen LogP contribution >= 0.6 is 0 Å². The molecule has 0 amide bonds. The molecule has 17 heteroatoms. The minimum absolute atomic E-state index is 0. The Bertz CT molecular complexity index is 1460. The molecule has 0 aliphatic rings. The molecular formula is C31H34F9N4NaO3. The molecule has 0 spiro atoms. The van der Waals surface area contributed by atoms with Crippen LogP contribution < -0.4 is 44.1 Å². The SMILES string of the molecule is CCCCN(CC)c1ccc(C(F)(F)F)cc1CN(Cc1cc(C(F)(F)F)cc(C(F)(F)F)c1)c1ncc(OCCCC(=O)O)cn1.[H-].[Na+]. The first-order chi connectivity index (χ1) is 21.9. The number of alkyl halides is 9. The minimum atomic E-state index is -5.12. The van der Waals surface area contributed by atoms with Crippen LogP contribution in [-0.2, 0) is 36.4 Å². The first-order valence-electron chi connectivity index (χ1n) is 14.6. The number of aromatic nitrogens is 2. The fourth-order valence-corrected chi connectivity index (χ4v) is 4.69. The van der Waals surface area contributed by atoms with Gasteiger partial charge in [-0.15, -0.1) is 0 Å². The molecule has 1 N–H and O–H groups in total. The van der Waals surface area contributed by atoms with Crippen LogP contribution in [0.5, 0.6) is 5.75 Å². The summed E-state index contributed by atoms with van der Waals surface area (Å²) in [6.07, 6.45) is -11.2. The molecule has 0 aliphatic heterocycles. The van der Waals surface area contributed by atoms with Gasteiger partial charge in [-0.3, -0.25) is 4.79 Å². The second-order valence-corrected chi connectivity index (χ2v) is 10.6. The van der Waals surface area contributed by atoms with Gasteiger partial charge in [0.1, 0.15) is 0 Å². The Balaban J connectivity index is 0.00000600. The van der Waals surface area contributed by atoms with Crippen LogP contribution in [0.15, 0.2) is 48.8 Å². The van der Waals surface area contributed by atoms with Crippen molar-refractivity contribution in [2.24, 2.45) is 0 Å². The molecular weight excluding hydrogens is 670 g/mol. The molecule has 0 fully saturated rings. The first kappa shape index (κ1) is 40.9. The topological polar surface area (TPSA) is 78.8 Å². The van der Waals surface area contributed by atoms with E-state index in [0.29, 0.717) is 37.3 Å². The third kappa shape index (κ3) is 12.0. The number of anilines is 2. The van der Waals surface area contributed by atoms with E-state index in [-0.39, 0.29) is 73.8 Å². The van der Waals surface area contributed by atoms with E-state index >= 15 is 0 Å². The van der Waals surface area contributed by atoms with Crippen molar-refractivity contribution in [1.29, 1.82) is 0 Å². The quantitative estimate of drug-likeness (QED) is 0.123. The summed E-state index contributed by atoms with van der Waals surface area (Å²) in [5.74, 6) is -1.16. The van der Waals surface area contributed by atoms with E-state index in [0.717, 1.165) is 30.9 Å². The standard InChI is InChI=1S/C31H33F9N4O3.Na.H/c1-3-5-10-43(4-2)26-9-8-22(29(32,33)34)14-21(26)19-44(28-41-16-25(17-42-28)47-11-6-7-27(45)46)18-20-12-23(30(35,36)37)15-24(13-20)31(38,39)40;;/h8-9,12-17H,3-7,10-11,18-19H2,1-2H3,(H,45,46);;/q;+1;-1. The van der Waals surface area contributed by atoms with Gasteiger partial charge in [-0.05, 0) is 67.3 Å². The van der Waals surface area contributed by atoms with Crippen LogP contribution in [0.25, 0.3) is 0 Å². The number of ether oxygens (including phenoxy) is 1. The Hall–Kier alpha value is -3.24. The largest absolute Gasteiger partial charge is 1.00 e.